The van der Waals surface area contributed by atoms with E-state index < -0.39 is 18.0 Å². The summed E-state index contributed by atoms with van der Waals surface area (Å²) >= 11 is 0. The Labute approximate surface area is 154 Å². The summed E-state index contributed by atoms with van der Waals surface area (Å²) < 4.78 is 4.42. The van der Waals surface area contributed by atoms with E-state index in [0.29, 0.717) is 0 Å². The number of carbonyl (C=O) groups is 2. The fraction of sp³-hybridized carbons (Fsp3) is 0.810. The number of esters is 2. The van der Waals surface area contributed by atoms with Crippen LogP contribution < -0.4 is 0 Å². The summed E-state index contributed by atoms with van der Waals surface area (Å²) in [4.78, 5) is 22.2. The molecule has 0 saturated carbocycles. The summed E-state index contributed by atoms with van der Waals surface area (Å²) in [6.45, 7) is 3.53. The molecule has 0 bridgehead atoms. The highest BCUT2D eigenvalue weighted by Crippen LogP contribution is 2.13. The molecule has 0 aliphatic rings. The van der Waals surface area contributed by atoms with Gasteiger partial charge in [-0.25, -0.2) is 9.59 Å². The molecule has 0 saturated heterocycles. The summed E-state index contributed by atoms with van der Waals surface area (Å²) in [5.74, 6) is -1.61. The van der Waals surface area contributed by atoms with E-state index in [4.69, 9.17) is 5.11 Å². The highest BCUT2D eigenvalue weighted by molar-refractivity contribution is 5.93. The molecule has 0 spiro atoms. The Morgan fingerprint density at radius 2 is 1.28 bits per heavy atom. The number of aliphatic hydroxyl groups is 1. The van der Waals surface area contributed by atoms with Crippen molar-refractivity contribution in [1.29, 1.82) is 0 Å². The second-order valence-electron chi connectivity index (χ2n) is 6.85. The molecule has 0 rings (SSSR count). The number of hydrogen-bond acceptors (Lipinski definition) is 4. The fourth-order valence-electron chi connectivity index (χ4n) is 2.68. The molecule has 4 heteroatoms. The molecule has 0 amide bonds. The van der Waals surface area contributed by atoms with Gasteiger partial charge in [-0.3, -0.25) is 0 Å². The lowest BCUT2D eigenvalue weighted by Gasteiger charge is -2.02. The van der Waals surface area contributed by atoms with Gasteiger partial charge in [0.1, 0.15) is 6.10 Å². The molecule has 0 radical (unpaired) electrons. The van der Waals surface area contributed by atoms with Crippen LogP contribution in [0.1, 0.15) is 104 Å². The summed E-state index contributed by atoms with van der Waals surface area (Å²) in [7, 11) is 0. The molecule has 0 fully saturated rings. The van der Waals surface area contributed by atoms with Gasteiger partial charge < -0.3 is 9.84 Å². The first-order chi connectivity index (χ1) is 12.1. The lowest BCUT2D eigenvalue weighted by molar-refractivity contribution is -0.162. The van der Waals surface area contributed by atoms with Gasteiger partial charge in [0, 0.05) is 6.08 Å². The minimum Gasteiger partial charge on any atom is -0.388 e. The fourth-order valence-corrected chi connectivity index (χ4v) is 2.68. The summed E-state index contributed by atoms with van der Waals surface area (Å²) in [5, 5.41) is 8.92. The van der Waals surface area contributed by atoms with E-state index in [9.17, 15) is 9.59 Å². The molecule has 1 unspecified atom stereocenters. The van der Waals surface area contributed by atoms with Gasteiger partial charge in [-0.1, -0.05) is 90.0 Å². The molecule has 0 aromatic heterocycles. The number of rotatable bonds is 16. The maximum absolute atomic E-state index is 11.3. The minimum atomic E-state index is -1.27. The molecular weight excluding hydrogens is 316 g/mol. The lowest BCUT2D eigenvalue weighted by Crippen LogP contribution is -2.21. The van der Waals surface area contributed by atoms with Gasteiger partial charge in [0.15, 0.2) is 0 Å². The zero-order valence-electron chi connectivity index (χ0n) is 16.3. The first-order valence-corrected chi connectivity index (χ1v) is 10.2. The van der Waals surface area contributed by atoms with Crippen molar-refractivity contribution < 1.29 is 19.4 Å². The van der Waals surface area contributed by atoms with Crippen LogP contribution >= 0.6 is 0 Å². The van der Waals surface area contributed by atoms with E-state index in [2.05, 4.69) is 11.7 Å². The average molecular weight is 355 g/mol. The molecule has 25 heavy (non-hydrogen) atoms. The Balaban J connectivity index is 3.29. The maximum atomic E-state index is 11.3. The van der Waals surface area contributed by atoms with Crippen molar-refractivity contribution in [2.24, 2.45) is 0 Å². The van der Waals surface area contributed by atoms with Crippen LogP contribution in [-0.2, 0) is 14.3 Å². The van der Waals surface area contributed by atoms with Crippen LogP contribution in [0, 0.1) is 0 Å². The minimum absolute atomic E-state index is 0.708. The van der Waals surface area contributed by atoms with Crippen LogP contribution in [0.4, 0.5) is 0 Å². The molecule has 1 N–H and O–H groups in total. The van der Waals surface area contributed by atoms with Gasteiger partial charge in [0.2, 0.25) is 0 Å². The van der Waals surface area contributed by atoms with Gasteiger partial charge in [-0.05, 0) is 19.8 Å². The largest absolute Gasteiger partial charge is 0.388 e. The van der Waals surface area contributed by atoms with Gasteiger partial charge in [0.25, 0.3) is 0 Å². The van der Waals surface area contributed by atoms with Gasteiger partial charge in [0.05, 0.1) is 0 Å². The quantitative estimate of drug-likeness (QED) is 0.173. The molecule has 0 aromatic rings. The number of ether oxygens (including phenoxy) is 1. The van der Waals surface area contributed by atoms with Crippen molar-refractivity contribution in [3.63, 3.8) is 0 Å². The number of carbonyl (C=O) groups excluding carboxylic acids is 2. The summed E-state index contributed by atoms with van der Waals surface area (Å²) in [6.07, 6.45) is 19.7. The first-order valence-electron chi connectivity index (χ1n) is 10.2. The molecule has 146 valence electrons. The van der Waals surface area contributed by atoms with Crippen LogP contribution in [0.5, 0.6) is 0 Å². The third-order valence-corrected chi connectivity index (χ3v) is 4.27. The predicted molar refractivity (Wildman–Crippen MR) is 102 cm³/mol. The molecule has 0 heterocycles. The second-order valence-corrected chi connectivity index (χ2v) is 6.85. The maximum Gasteiger partial charge on any atom is 0.342 e. The Kier molecular flexibility index (Phi) is 16.8. The SMILES string of the molecule is CCCCCCCCCCCCCCCC=CC(=O)OC(=O)C(C)O. The second kappa shape index (κ2) is 17.7. The van der Waals surface area contributed by atoms with Gasteiger partial charge in [-0.15, -0.1) is 0 Å². The molecule has 1 atom stereocenters. The molecule has 0 aliphatic carbocycles. The molecule has 4 nitrogen and oxygen atoms in total. The lowest BCUT2D eigenvalue weighted by atomic mass is 10.0. The monoisotopic (exact) mass is 354 g/mol. The van der Waals surface area contributed by atoms with E-state index in [-0.39, 0.29) is 0 Å². The van der Waals surface area contributed by atoms with Crippen LogP contribution in [0.15, 0.2) is 12.2 Å². The molecule has 0 aromatic carbocycles. The molecular formula is C21H38O4. The number of hydrogen-bond donors (Lipinski definition) is 1. The van der Waals surface area contributed by atoms with Gasteiger partial charge >= 0.3 is 11.9 Å². The Morgan fingerprint density at radius 3 is 1.72 bits per heavy atom. The summed E-state index contributed by atoms with van der Waals surface area (Å²) in [5.41, 5.74) is 0. The van der Waals surface area contributed by atoms with E-state index in [1.807, 2.05) is 0 Å². The first kappa shape index (κ1) is 23.8. The van der Waals surface area contributed by atoms with E-state index in [1.54, 1.807) is 6.08 Å². The number of aliphatic hydroxyl groups excluding tert-OH is 1. The Morgan fingerprint density at radius 1 is 0.840 bits per heavy atom. The Bertz CT molecular complexity index is 361. The van der Waals surface area contributed by atoms with Crippen molar-refractivity contribution >= 4 is 11.9 Å². The van der Waals surface area contributed by atoms with Crippen molar-refractivity contribution in [3.05, 3.63) is 12.2 Å². The normalized spacial score (nSPS) is 12.4. The van der Waals surface area contributed by atoms with Crippen molar-refractivity contribution in [3.8, 4) is 0 Å². The highest BCUT2D eigenvalue weighted by Gasteiger charge is 2.13. The zero-order valence-corrected chi connectivity index (χ0v) is 16.3. The highest BCUT2D eigenvalue weighted by atomic mass is 16.6. The molecule has 0 aliphatic heterocycles. The summed E-state index contributed by atoms with van der Waals surface area (Å²) in [6, 6.07) is 0. The van der Waals surface area contributed by atoms with E-state index in [1.165, 1.54) is 90.0 Å². The number of allylic oxidation sites excluding steroid dienone is 1. The standard InChI is InChI=1S/C21H38O4/c1-3-4-5-6-7-8-9-10-11-12-13-14-15-16-17-18-20(23)25-21(24)19(2)22/h17-19,22H,3-16H2,1-2H3. The number of unbranched alkanes of at least 4 members (excludes halogenated alkanes) is 13. The van der Waals surface area contributed by atoms with Crippen molar-refractivity contribution in [2.75, 3.05) is 0 Å². The van der Waals surface area contributed by atoms with Crippen LogP contribution in [0.2, 0.25) is 0 Å². The van der Waals surface area contributed by atoms with E-state index >= 15 is 0 Å². The average Bonchev–Trinajstić information content (AvgIpc) is 2.58. The third kappa shape index (κ3) is 17.5. The zero-order chi connectivity index (χ0) is 18.8. The third-order valence-electron chi connectivity index (χ3n) is 4.27. The smallest absolute Gasteiger partial charge is 0.342 e. The van der Waals surface area contributed by atoms with Crippen LogP contribution in [0.25, 0.3) is 0 Å². The Hall–Kier alpha value is -1.16. The van der Waals surface area contributed by atoms with Crippen LogP contribution in [0.3, 0.4) is 0 Å². The topological polar surface area (TPSA) is 63.6 Å². The van der Waals surface area contributed by atoms with Crippen molar-refractivity contribution in [2.45, 2.75) is 110 Å². The van der Waals surface area contributed by atoms with Crippen LogP contribution in [-0.4, -0.2) is 23.1 Å². The van der Waals surface area contributed by atoms with Crippen molar-refractivity contribution in [1.82, 2.24) is 0 Å². The van der Waals surface area contributed by atoms with E-state index in [0.717, 1.165) is 12.8 Å². The predicted octanol–water partition coefficient (Wildman–Crippen LogP) is 5.47. The van der Waals surface area contributed by atoms with Gasteiger partial charge in [-0.2, -0.15) is 0 Å².